The summed E-state index contributed by atoms with van der Waals surface area (Å²) < 4.78 is 5.78. The van der Waals surface area contributed by atoms with Crippen molar-refractivity contribution >= 4 is 0 Å². The van der Waals surface area contributed by atoms with Crippen LogP contribution in [0.3, 0.4) is 0 Å². The van der Waals surface area contributed by atoms with Crippen molar-refractivity contribution in [3.63, 3.8) is 0 Å². The topological polar surface area (TPSA) is 35.2 Å². The standard InChI is InChI=1S/C12H21NO/c1-9(13)10-5-7-11(8-6-10)14-12(2,3)4/h5,8-9H,6-7,13H2,1-4H3. The molecule has 0 spiro atoms. The van der Waals surface area contributed by atoms with E-state index in [-0.39, 0.29) is 11.6 Å². The zero-order valence-electron chi connectivity index (χ0n) is 9.63. The van der Waals surface area contributed by atoms with Crippen LogP contribution in [0, 0.1) is 0 Å². The van der Waals surface area contributed by atoms with Crippen molar-refractivity contribution < 1.29 is 4.74 Å². The van der Waals surface area contributed by atoms with Crippen molar-refractivity contribution in [2.24, 2.45) is 5.73 Å². The zero-order chi connectivity index (χ0) is 10.8. The molecule has 0 aliphatic heterocycles. The molecule has 0 bridgehead atoms. The first-order chi connectivity index (χ1) is 6.38. The van der Waals surface area contributed by atoms with Gasteiger partial charge in [-0.3, -0.25) is 0 Å². The monoisotopic (exact) mass is 195 g/mol. The van der Waals surface area contributed by atoms with E-state index in [1.165, 1.54) is 5.57 Å². The molecule has 1 unspecified atom stereocenters. The molecule has 0 aromatic rings. The normalized spacial score (nSPS) is 19.8. The second kappa shape index (κ2) is 4.18. The number of rotatable bonds is 2. The molecule has 80 valence electrons. The predicted octanol–water partition coefficient (Wildman–Crippen LogP) is 2.75. The fraction of sp³-hybridized carbons (Fsp3) is 0.667. The first-order valence-corrected chi connectivity index (χ1v) is 5.21. The van der Waals surface area contributed by atoms with E-state index in [4.69, 9.17) is 10.5 Å². The first-order valence-electron chi connectivity index (χ1n) is 5.21. The molecule has 1 atom stereocenters. The third-order valence-corrected chi connectivity index (χ3v) is 2.15. The molecule has 1 rings (SSSR count). The highest BCUT2D eigenvalue weighted by Crippen LogP contribution is 2.23. The van der Waals surface area contributed by atoms with E-state index in [1.54, 1.807) is 0 Å². The van der Waals surface area contributed by atoms with Crippen LogP contribution < -0.4 is 5.73 Å². The Labute approximate surface area is 86.8 Å². The van der Waals surface area contributed by atoms with Gasteiger partial charge in [0.15, 0.2) is 0 Å². The van der Waals surface area contributed by atoms with Crippen molar-refractivity contribution in [2.45, 2.75) is 52.2 Å². The Bertz CT molecular complexity index is 256. The number of hydrogen-bond acceptors (Lipinski definition) is 2. The summed E-state index contributed by atoms with van der Waals surface area (Å²) in [4.78, 5) is 0. The molecule has 0 saturated heterocycles. The van der Waals surface area contributed by atoms with E-state index < -0.39 is 0 Å². The Morgan fingerprint density at radius 3 is 2.29 bits per heavy atom. The average Bonchev–Trinajstić information content (AvgIpc) is 2.02. The SMILES string of the molecule is CC(N)C1=CCC(OC(C)(C)C)=CC1. The lowest BCUT2D eigenvalue weighted by Gasteiger charge is -2.25. The Hall–Kier alpha value is -0.760. The van der Waals surface area contributed by atoms with Crippen molar-refractivity contribution in [1.82, 2.24) is 0 Å². The van der Waals surface area contributed by atoms with E-state index in [2.05, 4.69) is 32.9 Å². The van der Waals surface area contributed by atoms with Crippen molar-refractivity contribution in [1.29, 1.82) is 0 Å². The van der Waals surface area contributed by atoms with Crippen LogP contribution in [-0.2, 0) is 4.74 Å². The zero-order valence-corrected chi connectivity index (χ0v) is 9.63. The molecule has 1 aliphatic rings. The number of ether oxygens (including phenoxy) is 1. The van der Waals surface area contributed by atoms with Crippen LogP contribution in [0.25, 0.3) is 0 Å². The molecule has 0 heterocycles. The van der Waals surface area contributed by atoms with Gasteiger partial charge >= 0.3 is 0 Å². The van der Waals surface area contributed by atoms with Crippen LogP contribution in [-0.4, -0.2) is 11.6 Å². The van der Waals surface area contributed by atoms with Gasteiger partial charge in [0.2, 0.25) is 0 Å². The highest BCUT2D eigenvalue weighted by molar-refractivity contribution is 5.21. The second-order valence-corrected chi connectivity index (χ2v) is 4.86. The molecule has 1 aliphatic carbocycles. The maximum Gasteiger partial charge on any atom is 0.100 e. The van der Waals surface area contributed by atoms with E-state index >= 15 is 0 Å². The highest BCUT2D eigenvalue weighted by atomic mass is 16.5. The number of hydrogen-bond donors (Lipinski definition) is 1. The van der Waals surface area contributed by atoms with Crippen molar-refractivity contribution in [3.05, 3.63) is 23.5 Å². The summed E-state index contributed by atoms with van der Waals surface area (Å²) in [6.45, 7) is 8.23. The average molecular weight is 195 g/mol. The Morgan fingerprint density at radius 2 is 1.93 bits per heavy atom. The Morgan fingerprint density at radius 1 is 1.29 bits per heavy atom. The molecule has 2 nitrogen and oxygen atoms in total. The van der Waals surface area contributed by atoms with Crippen molar-refractivity contribution in [2.75, 3.05) is 0 Å². The van der Waals surface area contributed by atoms with Crippen LogP contribution >= 0.6 is 0 Å². The summed E-state index contributed by atoms with van der Waals surface area (Å²) in [5, 5.41) is 0. The van der Waals surface area contributed by atoms with Gasteiger partial charge in [-0.1, -0.05) is 11.6 Å². The van der Waals surface area contributed by atoms with Gasteiger partial charge in [0.25, 0.3) is 0 Å². The van der Waals surface area contributed by atoms with Gasteiger partial charge in [-0.25, -0.2) is 0 Å². The van der Waals surface area contributed by atoms with Crippen LogP contribution in [0.4, 0.5) is 0 Å². The highest BCUT2D eigenvalue weighted by Gasteiger charge is 2.15. The molecule has 0 radical (unpaired) electrons. The van der Waals surface area contributed by atoms with Gasteiger partial charge in [-0.05, 0) is 40.2 Å². The molecule has 2 N–H and O–H groups in total. The maximum atomic E-state index is 5.80. The quantitative estimate of drug-likeness (QED) is 0.688. The summed E-state index contributed by atoms with van der Waals surface area (Å²) in [6.07, 6.45) is 6.15. The number of allylic oxidation sites excluding steroid dienone is 2. The van der Waals surface area contributed by atoms with Gasteiger partial charge < -0.3 is 10.5 Å². The summed E-state index contributed by atoms with van der Waals surface area (Å²) >= 11 is 0. The summed E-state index contributed by atoms with van der Waals surface area (Å²) in [5.74, 6) is 1.07. The molecule has 0 aromatic heterocycles. The minimum Gasteiger partial charge on any atom is -0.492 e. The smallest absolute Gasteiger partial charge is 0.100 e. The van der Waals surface area contributed by atoms with E-state index in [0.717, 1.165) is 18.6 Å². The maximum absolute atomic E-state index is 5.80. The molecule has 0 amide bonds. The van der Waals surface area contributed by atoms with Crippen LogP contribution in [0.15, 0.2) is 23.5 Å². The molecular formula is C12H21NO. The largest absolute Gasteiger partial charge is 0.492 e. The second-order valence-electron chi connectivity index (χ2n) is 4.86. The molecule has 14 heavy (non-hydrogen) atoms. The summed E-state index contributed by atoms with van der Waals surface area (Å²) in [7, 11) is 0. The molecule has 2 heteroatoms. The molecule has 0 aromatic carbocycles. The lowest BCUT2D eigenvalue weighted by atomic mass is 9.99. The lowest BCUT2D eigenvalue weighted by molar-refractivity contribution is 0.0485. The molecule has 0 fully saturated rings. The number of nitrogens with two attached hydrogens (primary N) is 1. The van der Waals surface area contributed by atoms with Gasteiger partial charge in [0, 0.05) is 12.5 Å². The lowest BCUT2D eigenvalue weighted by Crippen LogP contribution is -2.22. The van der Waals surface area contributed by atoms with Crippen LogP contribution in [0.5, 0.6) is 0 Å². The molecular weight excluding hydrogens is 174 g/mol. The minimum atomic E-state index is -0.0918. The minimum absolute atomic E-state index is 0.0918. The van der Waals surface area contributed by atoms with Gasteiger partial charge in [-0.15, -0.1) is 0 Å². The van der Waals surface area contributed by atoms with E-state index in [1.807, 2.05) is 6.92 Å². The van der Waals surface area contributed by atoms with Gasteiger partial charge in [0.1, 0.15) is 5.60 Å². The Kier molecular flexibility index (Phi) is 3.38. The third-order valence-electron chi connectivity index (χ3n) is 2.15. The molecule has 0 saturated carbocycles. The Balaban J connectivity index is 2.50. The van der Waals surface area contributed by atoms with Gasteiger partial charge in [-0.2, -0.15) is 0 Å². The van der Waals surface area contributed by atoms with Gasteiger partial charge in [0.05, 0.1) is 5.76 Å². The van der Waals surface area contributed by atoms with E-state index in [0.29, 0.717) is 0 Å². The summed E-state index contributed by atoms with van der Waals surface area (Å²) in [5.41, 5.74) is 7.02. The van der Waals surface area contributed by atoms with Crippen LogP contribution in [0.2, 0.25) is 0 Å². The predicted molar refractivity (Wildman–Crippen MR) is 59.9 cm³/mol. The van der Waals surface area contributed by atoms with Crippen LogP contribution in [0.1, 0.15) is 40.5 Å². The fourth-order valence-electron chi connectivity index (χ4n) is 1.48. The van der Waals surface area contributed by atoms with Crippen molar-refractivity contribution in [3.8, 4) is 0 Å². The first kappa shape index (κ1) is 11.3. The third kappa shape index (κ3) is 3.54. The van der Waals surface area contributed by atoms with E-state index in [9.17, 15) is 0 Å². The summed E-state index contributed by atoms with van der Waals surface area (Å²) in [6, 6.07) is 0.169. The fourth-order valence-corrected chi connectivity index (χ4v) is 1.48.